The standard InChI is InChI=1S/C9H7N3O2/c1-6-9-3-2-8(12(13)14)4-7(9)5-10-11-6/h2-5H,1H3. The number of benzene rings is 1. The van der Waals surface area contributed by atoms with Crippen molar-refractivity contribution >= 4 is 16.5 Å². The predicted molar refractivity (Wildman–Crippen MR) is 50.9 cm³/mol. The summed E-state index contributed by atoms with van der Waals surface area (Å²) in [4.78, 5) is 10.1. The number of non-ortho nitro benzene ring substituents is 1. The number of nitro benzene ring substituents is 1. The van der Waals surface area contributed by atoms with Crippen LogP contribution in [0, 0.1) is 17.0 Å². The first kappa shape index (κ1) is 8.55. The van der Waals surface area contributed by atoms with Crippen LogP contribution in [0.25, 0.3) is 10.8 Å². The molecule has 0 bridgehead atoms. The Hall–Kier alpha value is -2.04. The van der Waals surface area contributed by atoms with Crippen LogP contribution in [0.3, 0.4) is 0 Å². The summed E-state index contributed by atoms with van der Waals surface area (Å²) in [6.45, 7) is 1.82. The number of fused-ring (bicyclic) bond motifs is 1. The summed E-state index contributed by atoms with van der Waals surface area (Å²) in [5.41, 5.74) is 0.849. The molecule has 0 fully saturated rings. The van der Waals surface area contributed by atoms with Gasteiger partial charge < -0.3 is 0 Å². The Balaban J connectivity index is 2.73. The molecule has 2 rings (SSSR count). The molecule has 0 aliphatic heterocycles. The van der Waals surface area contributed by atoms with E-state index in [9.17, 15) is 10.1 Å². The zero-order valence-corrected chi connectivity index (χ0v) is 7.47. The smallest absolute Gasteiger partial charge is 0.258 e. The van der Waals surface area contributed by atoms with E-state index in [2.05, 4.69) is 10.2 Å². The van der Waals surface area contributed by atoms with Gasteiger partial charge in [-0.25, -0.2) is 0 Å². The molecule has 70 valence electrons. The molecule has 1 aromatic heterocycles. The summed E-state index contributed by atoms with van der Waals surface area (Å²) in [6, 6.07) is 4.66. The molecule has 1 heterocycles. The Kier molecular flexibility index (Phi) is 1.85. The van der Waals surface area contributed by atoms with Gasteiger partial charge in [-0.3, -0.25) is 10.1 Å². The number of aromatic nitrogens is 2. The number of rotatable bonds is 1. The van der Waals surface area contributed by atoms with Gasteiger partial charge in [0, 0.05) is 22.9 Å². The van der Waals surface area contributed by atoms with Crippen molar-refractivity contribution in [3.05, 3.63) is 40.2 Å². The average Bonchev–Trinajstić information content (AvgIpc) is 2.17. The van der Waals surface area contributed by atoms with E-state index in [0.29, 0.717) is 0 Å². The minimum absolute atomic E-state index is 0.0740. The molecule has 0 radical (unpaired) electrons. The van der Waals surface area contributed by atoms with Crippen LogP contribution in [0.15, 0.2) is 24.4 Å². The highest BCUT2D eigenvalue weighted by atomic mass is 16.6. The molecule has 0 saturated carbocycles. The lowest BCUT2D eigenvalue weighted by Crippen LogP contribution is -1.91. The minimum atomic E-state index is -0.421. The largest absolute Gasteiger partial charge is 0.270 e. The zero-order valence-electron chi connectivity index (χ0n) is 7.47. The molecular weight excluding hydrogens is 182 g/mol. The van der Waals surface area contributed by atoms with E-state index in [4.69, 9.17) is 0 Å². The summed E-state index contributed by atoms with van der Waals surface area (Å²) < 4.78 is 0. The molecule has 0 aliphatic rings. The van der Waals surface area contributed by atoms with Gasteiger partial charge in [0.25, 0.3) is 5.69 Å². The fourth-order valence-electron chi connectivity index (χ4n) is 1.33. The van der Waals surface area contributed by atoms with Gasteiger partial charge in [0.1, 0.15) is 0 Å². The first-order valence-corrected chi connectivity index (χ1v) is 4.05. The van der Waals surface area contributed by atoms with Gasteiger partial charge in [-0.15, -0.1) is 0 Å². The zero-order chi connectivity index (χ0) is 10.1. The minimum Gasteiger partial charge on any atom is -0.258 e. The van der Waals surface area contributed by atoms with Gasteiger partial charge in [-0.05, 0) is 13.0 Å². The van der Waals surface area contributed by atoms with Crippen LogP contribution in [0.5, 0.6) is 0 Å². The SMILES string of the molecule is Cc1nncc2cc([N+](=O)[O-])ccc12. The van der Waals surface area contributed by atoms with Gasteiger partial charge in [0.15, 0.2) is 0 Å². The third-order valence-electron chi connectivity index (χ3n) is 2.04. The third kappa shape index (κ3) is 1.28. The molecule has 14 heavy (non-hydrogen) atoms. The molecule has 0 aliphatic carbocycles. The molecule has 0 atom stereocenters. The normalized spacial score (nSPS) is 10.4. The van der Waals surface area contributed by atoms with Gasteiger partial charge in [0.2, 0.25) is 0 Å². The van der Waals surface area contributed by atoms with Crippen molar-refractivity contribution in [2.24, 2.45) is 0 Å². The molecule has 0 amide bonds. The lowest BCUT2D eigenvalue weighted by molar-refractivity contribution is -0.384. The van der Waals surface area contributed by atoms with Crippen molar-refractivity contribution in [1.29, 1.82) is 0 Å². The van der Waals surface area contributed by atoms with E-state index >= 15 is 0 Å². The highest BCUT2D eigenvalue weighted by Gasteiger charge is 2.07. The second kappa shape index (κ2) is 3.02. The van der Waals surface area contributed by atoms with Crippen LogP contribution in [-0.4, -0.2) is 15.1 Å². The van der Waals surface area contributed by atoms with Gasteiger partial charge in [-0.1, -0.05) is 0 Å². The molecule has 5 nitrogen and oxygen atoms in total. The maximum Gasteiger partial charge on any atom is 0.270 e. The lowest BCUT2D eigenvalue weighted by Gasteiger charge is -1.98. The topological polar surface area (TPSA) is 68.9 Å². The van der Waals surface area contributed by atoms with E-state index < -0.39 is 4.92 Å². The summed E-state index contributed by atoms with van der Waals surface area (Å²) in [5.74, 6) is 0. The highest BCUT2D eigenvalue weighted by Crippen LogP contribution is 2.20. The van der Waals surface area contributed by atoms with Crippen molar-refractivity contribution in [1.82, 2.24) is 10.2 Å². The number of aryl methyl sites for hydroxylation is 1. The summed E-state index contributed by atoms with van der Waals surface area (Å²) in [6.07, 6.45) is 1.52. The van der Waals surface area contributed by atoms with Crippen LogP contribution < -0.4 is 0 Å². The lowest BCUT2D eigenvalue weighted by atomic mass is 10.1. The van der Waals surface area contributed by atoms with Crippen molar-refractivity contribution in [3.8, 4) is 0 Å². The van der Waals surface area contributed by atoms with E-state index in [1.165, 1.54) is 18.3 Å². The van der Waals surface area contributed by atoms with Gasteiger partial charge in [0.05, 0.1) is 16.8 Å². The molecule has 0 N–H and O–H groups in total. The number of hydrogen-bond donors (Lipinski definition) is 0. The van der Waals surface area contributed by atoms with Crippen LogP contribution in [0.1, 0.15) is 5.69 Å². The summed E-state index contributed by atoms with van der Waals surface area (Å²) in [7, 11) is 0. The molecule has 0 saturated heterocycles. The number of hydrogen-bond acceptors (Lipinski definition) is 4. The second-order valence-corrected chi connectivity index (χ2v) is 2.96. The van der Waals surface area contributed by atoms with Gasteiger partial charge in [-0.2, -0.15) is 10.2 Å². The van der Waals surface area contributed by atoms with Crippen LogP contribution in [0.2, 0.25) is 0 Å². The molecule has 1 aromatic carbocycles. The molecule has 2 aromatic rings. The van der Waals surface area contributed by atoms with Crippen molar-refractivity contribution < 1.29 is 4.92 Å². The first-order chi connectivity index (χ1) is 6.68. The van der Waals surface area contributed by atoms with E-state index in [0.717, 1.165) is 16.5 Å². The Morgan fingerprint density at radius 3 is 2.93 bits per heavy atom. The van der Waals surface area contributed by atoms with Crippen LogP contribution >= 0.6 is 0 Å². The van der Waals surface area contributed by atoms with E-state index in [1.807, 2.05) is 6.92 Å². The van der Waals surface area contributed by atoms with Crippen LogP contribution in [-0.2, 0) is 0 Å². The number of nitrogens with zero attached hydrogens (tertiary/aromatic N) is 3. The van der Waals surface area contributed by atoms with Crippen molar-refractivity contribution in [2.75, 3.05) is 0 Å². The highest BCUT2D eigenvalue weighted by molar-refractivity contribution is 5.85. The predicted octanol–water partition coefficient (Wildman–Crippen LogP) is 1.85. The quantitative estimate of drug-likeness (QED) is 0.507. The summed E-state index contributed by atoms with van der Waals surface area (Å²) in [5, 5.41) is 19.7. The van der Waals surface area contributed by atoms with Crippen molar-refractivity contribution in [2.45, 2.75) is 6.92 Å². The monoisotopic (exact) mass is 189 g/mol. The summed E-state index contributed by atoms with van der Waals surface area (Å²) >= 11 is 0. The van der Waals surface area contributed by atoms with Crippen LogP contribution in [0.4, 0.5) is 5.69 Å². The molecular formula is C9H7N3O2. The number of nitro groups is 1. The molecule has 5 heteroatoms. The first-order valence-electron chi connectivity index (χ1n) is 4.05. The molecule has 0 spiro atoms. The fourth-order valence-corrected chi connectivity index (χ4v) is 1.33. The third-order valence-corrected chi connectivity index (χ3v) is 2.04. The maximum atomic E-state index is 10.5. The average molecular weight is 189 g/mol. The van der Waals surface area contributed by atoms with Crippen molar-refractivity contribution in [3.63, 3.8) is 0 Å². The fraction of sp³-hybridized carbons (Fsp3) is 0.111. The molecule has 0 unspecified atom stereocenters. The van der Waals surface area contributed by atoms with Gasteiger partial charge >= 0.3 is 0 Å². The Morgan fingerprint density at radius 2 is 2.21 bits per heavy atom. The Labute approximate surface area is 79.5 Å². The van der Waals surface area contributed by atoms with E-state index in [1.54, 1.807) is 6.07 Å². The maximum absolute atomic E-state index is 10.5. The Morgan fingerprint density at radius 1 is 1.43 bits per heavy atom. The van der Waals surface area contributed by atoms with E-state index in [-0.39, 0.29) is 5.69 Å². The second-order valence-electron chi connectivity index (χ2n) is 2.96. The Bertz CT molecular complexity index is 510.